The number of benzene rings is 3. The van der Waals surface area contributed by atoms with Gasteiger partial charge in [-0.25, -0.2) is 4.79 Å². The third kappa shape index (κ3) is 14.3. The van der Waals surface area contributed by atoms with Gasteiger partial charge in [0.05, 0.1) is 41.5 Å². The number of hydrogen-bond acceptors (Lipinski definition) is 11. The fraction of sp³-hybridized carbons (Fsp3) is 0.528. The predicted octanol–water partition coefficient (Wildman–Crippen LogP) is 5.15. The third-order valence-corrected chi connectivity index (χ3v) is 13.5. The number of imide groups is 1. The highest BCUT2D eigenvalue weighted by Gasteiger charge is 2.43. The first-order valence-corrected chi connectivity index (χ1v) is 24.7. The van der Waals surface area contributed by atoms with Crippen molar-refractivity contribution in [2.45, 2.75) is 141 Å². The molecule has 70 heavy (non-hydrogen) atoms. The van der Waals surface area contributed by atoms with Crippen LogP contribution < -0.4 is 27.4 Å². The molecule has 1 unspecified atom stereocenters. The maximum Gasteiger partial charge on any atom is 0.329 e. The number of aromatic nitrogens is 2. The quantitative estimate of drug-likeness (QED) is 0.0498. The Morgan fingerprint density at radius 2 is 1.44 bits per heavy atom. The van der Waals surface area contributed by atoms with Gasteiger partial charge in [0.2, 0.25) is 23.6 Å². The Hall–Kier alpha value is -6.01. The number of amides is 4. The lowest BCUT2D eigenvalue weighted by atomic mass is 9.89. The van der Waals surface area contributed by atoms with Crippen molar-refractivity contribution in [3.63, 3.8) is 0 Å². The Morgan fingerprint density at radius 1 is 0.814 bits per heavy atom. The number of nitrogens with two attached hydrogens (primary N) is 2. The summed E-state index contributed by atoms with van der Waals surface area (Å²) in [7, 11) is 1.71. The van der Waals surface area contributed by atoms with Gasteiger partial charge in [0.25, 0.3) is 5.97 Å². The van der Waals surface area contributed by atoms with Crippen LogP contribution in [-0.2, 0) is 82.3 Å². The molecular weight excluding hydrogens is 897 g/mol. The van der Waals surface area contributed by atoms with Crippen LogP contribution in [0.1, 0.15) is 118 Å². The fourth-order valence-corrected chi connectivity index (χ4v) is 9.64. The van der Waals surface area contributed by atoms with Crippen molar-refractivity contribution in [3.05, 3.63) is 99.0 Å². The van der Waals surface area contributed by atoms with E-state index >= 15 is 0 Å². The number of Topliss-reactive ketones (excluding diaryl/α,β-unsaturated/α-hetero) is 1. The number of nitrogens with one attached hydrogen (secondary N) is 1. The molecule has 0 aliphatic carbocycles. The van der Waals surface area contributed by atoms with Crippen molar-refractivity contribution in [1.29, 1.82) is 0 Å². The number of hydrogen-bond donors (Lipinski definition) is 4. The number of ketones is 1. The molecule has 17 nitrogen and oxygen atoms in total. The molecule has 4 heterocycles. The van der Waals surface area contributed by atoms with E-state index in [0.29, 0.717) is 64.0 Å². The number of para-hydroxylation sites is 1. The molecule has 1 fully saturated rings. The van der Waals surface area contributed by atoms with E-state index in [9.17, 15) is 28.8 Å². The first kappa shape index (κ1) is 53.3. The minimum Gasteiger partial charge on any atom is -0.481 e. The summed E-state index contributed by atoms with van der Waals surface area (Å²) in [4.78, 5) is 86.9. The van der Waals surface area contributed by atoms with E-state index in [2.05, 4.69) is 29.6 Å². The predicted molar refractivity (Wildman–Crippen MR) is 264 cm³/mol. The summed E-state index contributed by atoms with van der Waals surface area (Å²) in [6, 6.07) is 18.2. The average Bonchev–Trinajstić information content (AvgIpc) is 3.80. The van der Waals surface area contributed by atoms with Crippen molar-refractivity contribution in [1.82, 2.24) is 14.5 Å². The van der Waals surface area contributed by atoms with Gasteiger partial charge in [0, 0.05) is 66.1 Å². The van der Waals surface area contributed by atoms with Crippen LogP contribution >= 0.6 is 0 Å². The molecule has 4 aromatic rings. The summed E-state index contributed by atoms with van der Waals surface area (Å²) in [6.07, 6.45) is 9.10. The molecule has 1 aromatic heterocycles. The van der Waals surface area contributed by atoms with Crippen LogP contribution in [0.25, 0.3) is 11.0 Å². The van der Waals surface area contributed by atoms with Crippen LogP contribution in [0.15, 0.2) is 65.5 Å². The molecule has 1 saturated heterocycles. The van der Waals surface area contributed by atoms with Gasteiger partial charge in [0.1, 0.15) is 6.04 Å². The summed E-state index contributed by atoms with van der Waals surface area (Å²) in [5.41, 5.74) is 19.2. The second kappa shape index (κ2) is 25.7. The fourth-order valence-electron chi connectivity index (χ4n) is 9.64. The number of fused-ring (bicyclic) bond motifs is 1. The molecule has 0 bridgehead atoms. The third-order valence-electron chi connectivity index (χ3n) is 13.5. The molecule has 5 atom stereocenters. The van der Waals surface area contributed by atoms with E-state index in [1.54, 1.807) is 16.5 Å². The molecule has 3 aliphatic heterocycles. The number of aliphatic carboxylic acids is 1. The molecule has 378 valence electrons. The number of nitrogens with zero attached hydrogens (tertiary/aromatic N) is 3. The van der Waals surface area contributed by atoms with Crippen molar-refractivity contribution < 1.29 is 48.1 Å². The molecule has 6 N–H and O–H groups in total. The van der Waals surface area contributed by atoms with Crippen LogP contribution in [0.3, 0.4) is 0 Å². The highest BCUT2D eigenvalue weighted by molar-refractivity contribution is 6.07. The van der Waals surface area contributed by atoms with Gasteiger partial charge in [-0.2, -0.15) is 0 Å². The number of carboxylic acids is 1. The van der Waals surface area contributed by atoms with Crippen LogP contribution in [0.5, 0.6) is 0 Å². The Labute approximate surface area is 409 Å². The van der Waals surface area contributed by atoms with Gasteiger partial charge in [0.15, 0.2) is 5.78 Å². The van der Waals surface area contributed by atoms with Crippen molar-refractivity contribution >= 4 is 52.1 Å². The number of anilines is 1. The first-order chi connectivity index (χ1) is 33.6. The molecule has 4 amide bonds. The van der Waals surface area contributed by atoms with E-state index < -0.39 is 35.9 Å². The number of ether oxygens (including phenoxy) is 3. The van der Waals surface area contributed by atoms with E-state index in [1.165, 1.54) is 10.1 Å². The van der Waals surface area contributed by atoms with Gasteiger partial charge in [-0.1, -0.05) is 48.5 Å². The summed E-state index contributed by atoms with van der Waals surface area (Å²) >= 11 is 0. The topological polar surface area (TPSA) is 245 Å². The van der Waals surface area contributed by atoms with Crippen molar-refractivity contribution in [2.24, 2.45) is 24.4 Å². The molecule has 0 radical (unpaired) electrons. The monoisotopic (exact) mass is 967 g/mol. The van der Waals surface area contributed by atoms with Gasteiger partial charge >= 0.3 is 5.69 Å². The van der Waals surface area contributed by atoms with Crippen molar-refractivity contribution in [3.8, 4) is 0 Å². The van der Waals surface area contributed by atoms with Gasteiger partial charge in [-0.15, -0.1) is 0 Å². The Bertz CT molecular complexity index is 2530. The molecule has 3 aliphatic rings. The summed E-state index contributed by atoms with van der Waals surface area (Å²) in [5, 5.41) is 9.76. The van der Waals surface area contributed by atoms with Gasteiger partial charge < -0.3 is 30.8 Å². The Kier molecular flexibility index (Phi) is 19.6. The number of aryl methyl sites for hydroxylation is 4. The van der Waals surface area contributed by atoms with Gasteiger partial charge in [-0.05, 0) is 123 Å². The average molecular weight is 967 g/mol. The smallest absolute Gasteiger partial charge is 0.329 e. The number of carboxylic acid groups (broad SMARTS) is 1. The van der Waals surface area contributed by atoms with E-state index in [1.807, 2.05) is 43.3 Å². The molecular formula is C53H70N6O11. The van der Waals surface area contributed by atoms with E-state index in [0.717, 1.165) is 91.9 Å². The highest BCUT2D eigenvalue weighted by Crippen LogP contribution is 2.40. The number of imidazole rings is 1. The first-order valence-electron chi connectivity index (χ1n) is 24.7. The number of carbonyl (C=O) groups is 6. The molecule has 17 heteroatoms. The zero-order valence-electron chi connectivity index (χ0n) is 40.8. The Morgan fingerprint density at radius 3 is 2.11 bits per heavy atom. The number of primary amides is 1. The lowest BCUT2D eigenvalue weighted by Crippen LogP contribution is -2.50. The lowest BCUT2D eigenvalue weighted by molar-refractivity contribution is -0.136. The van der Waals surface area contributed by atoms with Crippen LogP contribution in [0, 0.1) is 5.92 Å². The SMILES string of the molecule is CC(=O)O.C[C@@H](OCc1ccc(CCCOCCCCCOCCCc2ccc3c(c2)n(C)c(=O)n3C2CCC(=O)NC2=O)cc1)[C@H](CCC(N)=O)CC(=O)[C@@H]1Cc2cccc3c2N1C(=O)[C@@H](N)CC3. The standard InChI is InChI=1S/C51H66N6O9.C2H4O2/c1-33(38(19-23-46(53)59)31-45(58)44-30-39-12-6-11-37-18-20-40(52)50(62)57(44)48(37)39)66-32-36-15-13-34(14-16-36)9-7-27-64-25-4-3-5-26-65-28-8-10-35-17-21-41-43(29-35)55(2)51(63)56(41)42-22-24-47(60)54-49(42)61;1-2(3)4/h6,11-17,21,29,33,38,40,42,44H,3-5,7-10,18-20,22-28,30-32,52H2,1-2H3,(H2,53,59)(H,54,60,61);1H3,(H,3,4)/t33-,38-,40+,42?,44+;/m1./s1. The number of piperidine rings is 1. The second-order valence-corrected chi connectivity index (χ2v) is 18.8. The highest BCUT2D eigenvalue weighted by atomic mass is 16.5. The van der Waals surface area contributed by atoms with E-state index in [-0.39, 0.29) is 54.6 Å². The van der Waals surface area contributed by atoms with Crippen molar-refractivity contribution in [2.75, 3.05) is 31.3 Å². The van der Waals surface area contributed by atoms with E-state index in [4.69, 9.17) is 35.6 Å². The number of rotatable bonds is 25. The summed E-state index contributed by atoms with van der Waals surface area (Å²) < 4.78 is 21.2. The minimum absolute atomic E-state index is 0.0560. The van der Waals surface area contributed by atoms with Crippen LogP contribution in [0.2, 0.25) is 0 Å². The Balaban J connectivity index is 0.00000193. The summed E-state index contributed by atoms with van der Waals surface area (Å²) in [5.74, 6) is -2.52. The molecule has 3 aromatic carbocycles. The maximum absolute atomic E-state index is 14.0. The lowest BCUT2D eigenvalue weighted by Gasteiger charge is -2.29. The zero-order chi connectivity index (χ0) is 50.3. The normalized spacial score (nSPS) is 18.4. The summed E-state index contributed by atoms with van der Waals surface area (Å²) in [6.45, 7) is 6.14. The molecule has 0 saturated carbocycles. The minimum atomic E-state index is -0.833. The van der Waals surface area contributed by atoms with Crippen LogP contribution in [0.4, 0.5) is 5.69 Å². The van der Waals surface area contributed by atoms with Gasteiger partial charge in [-0.3, -0.25) is 48.1 Å². The largest absolute Gasteiger partial charge is 0.481 e. The molecule has 7 rings (SSSR count). The zero-order valence-corrected chi connectivity index (χ0v) is 40.8. The maximum atomic E-state index is 14.0. The number of unbranched alkanes of at least 4 members (excludes halogenated alkanes) is 2. The number of carbonyl (C=O) groups excluding carboxylic acids is 5. The second-order valence-electron chi connectivity index (χ2n) is 18.8. The van der Waals surface area contributed by atoms with Crippen LogP contribution in [-0.4, -0.2) is 94.2 Å². The molecule has 0 spiro atoms.